The molecule has 1 aliphatic rings. The first-order chi connectivity index (χ1) is 21.9. The zero-order chi connectivity index (χ0) is 32.4. The molecule has 0 saturated carbocycles. The largest absolute Gasteiger partial charge is 0.279 e. The van der Waals surface area contributed by atoms with Crippen molar-refractivity contribution in [1.82, 2.24) is 0 Å². The predicted molar refractivity (Wildman–Crippen MR) is 200 cm³/mol. The van der Waals surface area contributed by atoms with Gasteiger partial charge in [-0.1, -0.05) is 134 Å². The Morgan fingerprint density at radius 2 is 1.73 bits per heavy atom. The van der Waals surface area contributed by atoms with Crippen LogP contribution in [0.3, 0.4) is 0 Å². The van der Waals surface area contributed by atoms with Gasteiger partial charge in [-0.2, -0.15) is 0 Å². The molecule has 45 heavy (non-hydrogen) atoms. The lowest BCUT2D eigenvalue weighted by molar-refractivity contribution is 1.17. The Morgan fingerprint density at radius 3 is 2.47 bits per heavy atom. The van der Waals surface area contributed by atoms with Crippen LogP contribution >= 0.6 is 0 Å². The summed E-state index contributed by atoms with van der Waals surface area (Å²) in [6.45, 7) is 18.9. The Balaban J connectivity index is 2.15. The Kier molecular flexibility index (Phi) is 14.2. The SMILES string of the molecule is C=C/C=C(\C=C/CC)N(C(N=C(C)C/C(C)=C/C=C\C(C)=C/C)=NC(=C)c1cccc(C2=CC=CC=CC2)c1)c1ccccc1. The number of nitrogens with zero attached hydrogens (tertiary/aromatic N) is 3. The van der Waals surface area contributed by atoms with Gasteiger partial charge >= 0.3 is 0 Å². The van der Waals surface area contributed by atoms with Gasteiger partial charge in [0.15, 0.2) is 0 Å². The first-order valence-electron chi connectivity index (χ1n) is 15.6. The molecule has 3 heteroatoms. The summed E-state index contributed by atoms with van der Waals surface area (Å²) in [7, 11) is 0. The van der Waals surface area contributed by atoms with Crippen LogP contribution in [0.1, 0.15) is 65.0 Å². The van der Waals surface area contributed by atoms with Crippen LogP contribution in [-0.4, -0.2) is 11.7 Å². The van der Waals surface area contributed by atoms with Gasteiger partial charge < -0.3 is 0 Å². The lowest BCUT2D eigenvalue weighted by Gasteiger charge is -2.26. The standard InChI is InChI=1S/C42H47N3/c1-8-11-28-40(21-9-2)45(41-29-17-14-18-30-41)42(43-35(6)31-34(5)23-19-22-33(4)10-3)44-36(7)38-26-20-27-39(32-38)37-24-15-12-13-16-25-37/h9-24,26-30,32H,2,7-8,25,31H2,1,3-6H3/b22-19-,28-11-,33-10-,34-23+,40-21+,43-35?,44-42?. The average molecular weight is 594 g/mol. The molecular weight excluding hydrogens is 546 g/mol. The number of rotatable bonds is 12. The zero-order valence-electron chi connectivity index (χ0n) is 27.6. The Bertz CT molecular complexity index is 1630. The molecule has 0 aromatic heterocycles. The van der Waals surface area contributed by atoms with Crippen molar-refractivity contribution in [3.05, 3.63) is 175 Å². The minimum atomic E-state index is 0.538. The molecule has 0 atom stereocenters. The highest BCUT2D eigenvalue weighted by Gasteiger charge is 2.18. The fourth-order valence-corrected chi connectivity index (χ4v) is 4.65. The molecule has 0 heterocycles. The van der Waals surface area contributed by atoms with E-state index in [0.29, 0.717) is 18.1 Å². The van der Waals surface area contributed by atoms with Crippen LogP contribution in [-0.2, 0) is 0 Å². The van der Waals surface area contributed by atoms with Crippen molar-refractivity contribution < 1.29 is 0 Å². The first kappa shape index (κ1) is 34.5. The summed E-state index contributed by atoms with van der Waals surface area (Å²) < 4.78 is 0. The summed E-state index contributed by atoms with van der Waals surface area (Å²) in [6, 6.07) is 18.6. The molecule has 3 rings (SSSR count). The molecular formula is C42H47N3. The molecule has 1 aliphatic carbocycles. The highest BCUT2D eigenvalue weighted by molar-refractivity contribution is 6.08. The molecule has 0 amide bonds. The van der Waals surface area contributed by atoms with E-state index in [4.69, 9.17) is 9.98 Å². The van der Waals surface area contributed by atoms with Gasteiger partial charge in [0.2, 0.25) is 5.96 Å². The first-order valence-corrected chi connectivity index (χ1v) is 15.6. The second-order valence-corrected chi connectivity index (χ2v) is 10.9. The van der Waals surface area contributed by atoms with Crippen molar-refractivity contribution in [3.8, 4) is 0 Å². The van der Waals surface area contributed by atoms with Crippen LogP contribution in [0.15, 0.2) is 174 Å². The van der Waals surface area contributed by atoms with E-state index in [1.807, 2.05) is 31.2 Å². The molecule has 0 saturated heterocycles. The van der Waals surface area contributed by atoms with Crippen LogP contribution in [0.2, 0.25) is 0 Å². The summed E-state index contributed by atoms with van der Waals surface area (Å²) in [5.74, 6) is 0.538. The van der Waals surface area contributed by atoms with Crippen LogP contribution in [0.4, 0.5) is 5.69 Å². The predicted octanol–water partition coefficient (Wildman–Crippen LogP) is 11.8. The average Bonchev–Trinajstić information content (AvgIpc) is 3.34. The van der Waals surface area contributed by atoms with Crippen molar-refractivity contribution >= 4 is 28.6 Å². The molecule has 2 aromatic rings. The van der Waals surface area contributed by atoms with Crippen LogP contribution < -0.4 is 4.90 Å². The lowest BCUT2D eigenvalue weighted by atomic mass is 9.99. The highest BCUT2D eigenvalue weighted by atomic mass is 15.3. The molecule has 0 radical (unpaired) electrons. The minimum absolute atomic E-state index is 0.538. The van der Waals surface area contributed by atoms with Gasteiger partial charge in [-0.15, -0.1) is 0 Å². The maximum absolute atomic E-state index is 5.17. The number of para-hydroxylation sites is 1. The third-order valence-corrected chi connectivity index (χ3v) is 7.10. The van der Waals surface area contributed by atoms with Crippen LogP contribution in [0.25, 0.3) is 11.3 Å². The summed E-state index contributed by atoms with van der Waals surface area (Å²) >= 11 is 0. The van der Waals surface area contributed by atoms with Crippen molar-refractivity contribution in [3.63, 3.8) is 0 Å². The number of aliphatic imine (C=N–C) groups is 2. The maximum Gasteiger partial charge on any atom is 0.235 e. The van der Waals surface area contributed by atoms with E-state index in [1.54, 1.807) is 6.08 Å². The van der Waals surface area contributed by atoms with E-state index in [2.05, 4.69) is 149 Å². The minimum Gasteiger partial charge on any atom is -0.279 e. The summed E-state index contributed by atoms with van der Waals surface area (Å²) in [5.41, 5.74) is 9.23. The second-order valence-electron chi connectivity index (χ2n) is 10.9. The highest BCUT2D eigenvalue weighted by Crippen LogP contribution is 2.27. The zero-order valence-corrected chi connectivity index (χ0v) is 27.6. The fourth-order valence-electron chi connectivity index (χ4n) is 4.65. The number of benzene rings is 2. The van der Waals surface area contributed by atoms with Crippen molar-refractivity contribution in [2.24, 2.45) is 9.98 Å². The third kappa shape index (κ3) is 11.2. The monoisotopic (exact) mass is 593 g/mol. The molecule has 0 unspecified atom stereocenters. The second kappa shape index (κ2) is 18.6. The Hall–Kier alpha value is -5.02. The fraction of sp³-hybridized carbons (Fsp3) is 0.190. The van der Waals surface area contributed by atoms with Gasteiger partial charge in [-0.3, -0.25) is 4.90 Å². The molecule has 0 spiro atoms. The molecule has 2 aromatic carbocycles. The van der Waals surface area contributed by atoms with Gasteiger partial charge in [0, 0.05) is 29.1 Å². The van der Waals surface area contributed by atoms with E-state index in [1.165, 1.54) is 16.7 Å². The summed E-state index contributed by atoms with van der Waals surface area (Å²) in [6.07, 6.45) is 29.5. The molecule has 230 valence electrons. The van der Waals surface area contributed by atoms with E-state index >= 15 is 0 Å². The van der Waals surface area contributed by atoms with Gasteiger partial charge in [0.1, 0.15) is 0 Å². The summed E-state index contributed by atoms with van der Waals surface area (Å²) in [4.78, 5) is 12.4. The quantitative estimate of drug-likeness (QED) is 0.137. The normalized spacial score (nSPS) is 15.0. The molecule has 0 bridgehead atoms. The van der Waals surface area contributed by atoms with Crippen molar-refractivity contribution in [1.29, 1.82) is 0 Å². The summed E-state index contributed by atoms with van der Waals surface area (Å²) in [5, 5.41) is 0. The third-order valence-electron chi connectivity index (χ3n) is 7.10. The number of allylic oxidation sites excluding steroid dienone is 16. The molecule has 0 N–H and O–H groups in total. The Labute approximate surface area is 271 Å². The van der Waals surface area contributed by atoms with Crippen molar-refractivity contribution in [2.45, 2.75) is 53.9 Å². The van der Waals surface area contributed by atoms with Crippen LogP contribution in [0.5, 0.6) is 0 Å². The topological polar surface area (TPSA) is 28.0 Å². The molecule has 3 nitrogen and oxygen atoms in total. The number of guanidine groups is 1. The van der Waals surface area contributed by atoms with Gasteiger partial charge in [-0.25, -0.2) is 9.98 Å². The molecule has 0 fully saturated rings. The van der Waals surface area contributed by atoms with Gasteiger partial charge in [0.05, 0.1) is 5.70 Å². The molecule has 0 aliphatic heterocycles. The lowest BCUT2D eigenvalue weighted by Crippen LogP contribution is -2.29. The Morgan fingerprint density at radius 1 is 0.933 bits per heavy atom. The van der Waals surface area contributed by atoms with Crippen molar-refractivity contribution in [2.75, 3.05) is 4.90 Å². The smallest absolute Gasteiger partial charge is 0.235 e. The van der Waals surface area contributed by atoms with Gasteiger partial charge in [0.25, 0.3) is 0 Å². The van der Waals surface area contributed by atoms with E-state index in [9.17, 15) is 0 Å². The van der Waals surface area contributed by atoms with Gasteiger partial charge in [-0.05, 0) is 82.0 Å². The van der Waals surface area contributed by atoms with E-state index < -0.39 is 0 Å². The van der Waals surface area contributed by atoms with E-state index in [0.717, 1.165) is 41.1 Å². The maximum atomic E-state index is 5.17. The number of hydrogen-bond acceptors (Lipinski definition) is 1. The number of anilines is 1. The number of hydrogen-bond donors (Lipinski definition) is 0. The van der Waals surface area contributed by atoms with Crippen LogP contribution in [0, 0.1) is 0 Å². The van der Waals surface area contributed by atoms with E-state index in [-0.39, 0.29) is 0 Å².